The molecule has 0 saturated carbocycles. The van der Waals surface area contributed by atoms with Crippen LogP contribution in [0.1, 0.15) is 40.2 Å². The minimum atomic E-state index is -0.461. The minimum absolute atomic E-state index is 0.200. The summed E-state index contributed by atoms with van der Waals surface area (Å²) < 4.78 is 6.83. The predicted molar refractivity (Wildman–Crippen MR) is 125 cm³/mol. The monoisotopic (exact) mass is 467 g/mol. The van der Waals surface area contributed by atoms with Gasteiger partial charge in [-0.2, -0.15) is 0 Å². The molecule has 3 amide bonds. The highest BCUT2D eigenvalue weighted by Gasteiger charge is 2.37. The number of imide groups is 1. The molecule has 0 N–H and O–H groups in total. The van der Waals surface area contributed by atoms with Gasteiger partial charge in [0.1, 0.15) is 6.54 Å². The van der Waals surface area contributed by atoms with Crippen LogP contribution in [0.4, 0.5) is 4.79 Å². The van der Waals surface area contributed by atoms with Crippen molar-refractivity contribution in [1.29, 1.82) is 0 Å². The van der Waals surface area contributed by atoms with Crippen molar-refractivity contribution in [2.24, 2.45) is 0 Å². The quantitative estimate of drug-likeness (QED) is 0.494. The SMILES string of the molecule is COC(=O)c1ccccc1-n1c(C)cc(/C=C2\SC(=O)N(CC(=O)N3CCCC3)C2=O)c1C. The summed E-state index contributed by atoms with van der Waals surface area (Å²) in [6.45, 7) is 4.90. The average Bonchev–Trinajstić information content (AvgIpc) is 3.50. The molecule has 0 bridgehead atoms. The number of aromatic nitrogens is 1. The predicted octanol–water partition coefficient (Wildman–Crippen LogP) is 3.54. The molecule has 4 rings (SSSR count). The first-order chi connectivity index (χ1) is 15.8. The number of likely N-dealkylation sites (tertiary alicyclic amines) is 1. The van der Waals surface area contributed by atoms with Crippen LogP contribution in [0, 0.1) is 13.8 Å². The topological polar surface area (TPSA) is 88.9 Å². The third kappa shape index (κ3) is 4.32. The standard InChI is InChI=1S/C24H25N3O5S/c1-15-12-17(16(2)27(15)19-9-5-4-8-18(19)23(30)32-3)13-20-22(29)26(24(31)33-20)14-21(28)25-10-6-7-11-25/h4-5,8-9,12-13H,6-7,10-11,14H2,1-3H3/b20-13-. The number of hydrogen-bond donors (Lipinski definition) is 0. The number of hydrogen-bond acceptors (Lipinski definition) is 6. The minimum Gasteiger partial charge on any atom is -0.465 e. The smallest absolute Gasteiger partial charge is 0.339 e. The van der Waals surface area contributed by atoms with E-state index in [4.69, 9.17) is 4.74 Å². The molecule has 0 aliphatic carbocycles. The molecule has 2 saturated heterocycles. The number of benzene rings is 1. The van der Waals surface area contributed by atoms with Crippen LogP contribution in [0.3, 0.4) is 0 Å². The second-order valence-corrected chi connectivity index (χ2v) is 9.02. The number of ether oxygens (including phenoxy) is 1. The highest BCUT2D eigenvalue weighted by atomic mass is 32.2. The lowest BCUT2D eigenvalue weighted by molar-refractivity contribution is -0.135. The average molecular weight is 468 g/mol. The second-order valence-electron chi connectivity index (χ2n) is 8.03. The third-order valence-corrected chi connectivity index (χ3v) is 6.84. The summed E-state index contributed by atoms with van der Waals surface area (Å²) in [5.74, 6) is -1.10. The van der Waals surface area contributed by atoms with Crippen LogP contribution in [-0.4, -0.2) is 64.1 Å². The van der Waals surface area contributed by atoms with Crippen LogP contribution in [-0.2, 0) is 14.3 Å². The summed E-state index contributed by atoms with van der Waals surface area (Å²) in [7, 11) is 1.34. The van der Waals surface area contributed by atoms with Gasteiger partial charge in [-0.3, -0.25) is 19.3 Å². The van der Waals surface area contributed by atoms with Crippen molar-refractivity contribution >= 4 is 40.9 Å². The van der Waals surface area contributed by atoms with Gasteiger partial charge in [-0.15, -0.1) is 0 Å². The van der Waals surface area contributed by atoms with Crippen molar-refractivity contribution in [3.8, 4) is 5.69 Å². The molecule has 2 aliphatic rings. The summed E-state index contributed by atoms with van der Waals surface area (Å²) in [5.41, 5.74) is 3.52. The van der Waals surface area contributed by atoms with E-state index in [1.54, 1.807) is 23.1 Å². The van der Waals surface area contributed by atoms with Gasteiger partial charge in [0.05, 0.1) is 23.3 Å². The van der Waals surface area contributed by atoms with Gasteiger partial charge in [0.15, 0.2) is 0 Å². The number of carbonyl (C=O) groups is 4. The van der Waals surface area contributed by atoms with Crippen LogP contribution < -0.4 is 0 Å². The Morgan fingerprint density at radius 1 is 1.12 bits per heavy atom. The Kier molecular flexibility index (Phi) is 6.42. The zero-order chi connectivity index (χ0) is 23.7. The van der Waals surface area contributed by atoms with Crippen molar-refractivity contribution in [1.82, 2.24) is 14.4 Å². The maximum atomic E-state index is 12.9. The molecule has 1 aromatic heterocycles. The molecule has 1 aromatic carbocycles. The van der Waals surface area contributed by atoms with Crippen LogP contribution in [0.25, 0.3) is 11.8 Å². The Labute approximate surface area is 196 Å². The number of aryl methyl sites for hydroxylation is 1. The van der Waals surface area contributed by atoms with Crippen molar-refractivity contribution in [2.75, 3.05) is 26.7 Å². The van der Waals surface area contributed by atoms with E-state index in [0.29, 0.717) is 24.3 Å². The molecular formula is C24H25N3O5S. The maximum Gasteiger partial charge on any atom is 0.339 e. The molecule has 2 aromatic rings. The van der Waals surface area contributed by atoms with Crippen LogP contribution in [0.5, 0.6) is 0 Å². The van der Waals surface area contributed by atoms with Crippen molar-refractivity contribution < 1.29 is 23.9 Å². The molecule has 0 unspecified atom stereocenters. The molecule has 172 valence electrons. The third-order valence-electron chi connectivity index (χ3n) is 5.93. The zero-order valence-electron chi connectivity index (χ0n) is 18.8. The van der Waals surface area contributed by atoms with Gasteiger partial charge in [0.25, 0.3) is 11.1 Å². The van der Waals surface area contributed by atoms with Crippen molar-refractivity contribution in [3.63, 3.8) is 0 Å². The molecule has 9 heteroatoms. The largest absolute Gasteiger partial charge is 0.465 e. The number of carbonyl (C=O) groups excluding carboxylic acids is 4. The number of nitrogens with zero attached hydrogens (tertiary/aromatic N) is 3. The summed E-state index contributed by atoms with van der Waals surface area (Å²) in [5, 5.41) is -0.441. The Morgan fingerprint density at radius 3 is 2.52 bits per heavy atom. The van der Waals surface area contributed by atoms with E-state index < -0.39 is 17.1 Å². The first-order valence-corrected chi connectivity index (χ1v) is 11.5. The zero-order valence-corrected chi connectivity index (χ0v) is 19.6. The normalized spacial score (nSPS) is 17.4. The molecule has 3 heterocycles. The molecule has 0 atom stereocenters. The Bertz CT molecular complexity index is 1180. The van der Waals surface area contributed by atoms with E-state index in [-0.39, 0.29) is 17.4 Å². The van der Waals surface area contributed by atoms with Gasteiger partial charge in [-0.1, -0.05) is 12.1 Å². The van der Waals surface area contributed by atoms with E-state index in [1.807, 2.05) is 36.6 Å². The number of amides is 3. The number of para-hydroxylation sites is 1. The van der Waals surface area contributed by atoms with Gasteiger partial charge < -0.3 is 14.2 Å². The van der Waals surface area contributed by atoms with Gasteiger partial charge in [0.2, 0.25) is 5.91 Å². The second kappa shape index (κ2) is 9.27. The first-order valence-electron chi connectivity index (χ1n) is 10.7. The van der Waals surface area contributed by atoms with Gasteiger partial charge in [-0.05, 0) is 68.3 Å². The van der Waals surface area contributed by atoms with Crippen LogP contribution >= 0.6 is 11.8 Å². The van der Waals surface area contributed by atoms with Gasteiger partial charge >= 0.3 is 5.97 Å². The lowest BCUT2D eigenvalue weighted by atomic mass is 10.1. The molecule has 8 nitrogen and oxygen atoms in total. The Morgan fingerprint density at radius 2 is 1.82 bits per heavy atom. The first kappa shape index (κ1) is 22.8. The number of thioether (sulfide) groups is 1. The van der Waals surface area contributed by atoms with E-state index in [1.165, 1.54) is 7.11 Å². The van der Waals surface area contributed by atoms with Crippen molar-refractivity contribution in [3.05, 3.63) is 57.8 Å². The highest BCUT2D eigenvalue weighted by Crippen LogP contribution is 2.34. The Balaban J connectivity index is 1.62. The van der Waals surface area contributed by atoms with Crippen molar-refractivity contribution in [2.45, 2.75) is 26.7 Å². The summed E-state index contributed by atoms with van der Waals surface area (Å²) >= 11 is 0.837. The number of methoxy groups -OCH3 is 1. The fraction of sp³-hybridized carbons (Fsp3) is 0.333. The van der Waals surface area contributed by atoms with E-state index in [2.05, 4.69) is 0 Å². The number of esters is 1. The molecule has 0 spiro atoms. The highest BCUT2D eigenvalue weighted by molar-refractivity contribution is 8.18. The van der Waals surface area contributed by atoms with Crippen LogP contribution in [0.2, 0.25) is 0 Å². The summed E-state index contributed by atoms with van der Waals surface area (Å²) in [6.07, 6.45) is 3.56. The summed E-state index contributed by atoms with van der Waals surface area (Å²) in [6, 6.07) is 9.02. The van der Waals surface area contributed by atoms with E-state index in [9.17, 15) is 19.2 Å². The fourth-order valence-electron chi connectivity index (χ4n) is 4.23. The van der Waals surface area contributed by atoms with Gasteiger partial charge in [0, 0.05) is 24.5 Å². The fourth-order valence-corrected chi connectivity index (χ4v) is 5.06. The number of rotatable bonds is 5. The Hall–Kier alpha value is -3.33. The van der Waals surface area contributed by atoms with Gasteiger partial charge in [-0.25, -0.2) is 4.79 Å². The molecule has 33 heavy (non-hydrogen) atoms. The molecule has 0 radical (unpaired) electrons. The maximum absolute atomic E-state index is 12.9. The molecule has 2 fully saturated rings. The lowest BCUT2D eigenvalue weighted by Crippen LogP contribution is -2.40. The lowest BCUT2D eigenvalue weighted by Gasteiger charge is -2.18. The molecule has 2 aliphatic heterocycles. The summed E-state index contributed by atoms with van der Waals surface area (Å²) in [4.78, 5) is 53.0. The van der Waals surface area contributed by atoms with E-state index in [0.717, 1.165) is 46.5 Å². The van der Waals surface area contributed by atoms with Crippen LogP contribution in [0.15, 0.2) is 35.2 Å². The molecular weight excluding hydrogens is 442 g/mol. The van der Waals surface area contributed by atoms with E-state index >= 15 is 0 Å².